The molecule has 3 nitrogen and oxygen atoms in total. The van der Waals surface area contributed by atoms with Crippen LogP contribution in [0.3, 0.4) is 0 Å². The maximum Gasteiger partial charge on any atom is 0.0594 e. The topological polar surface area (TPSA) is 24.5 Å². The Balaban J connectivity index is 1.40. The minimum Gasteiger partial charge on any atom is -0.379 e. The molecule has 1 aliphatic rings. The van der Waals surface area contributed by atoms with Gasteiger partial charge in [-0.3, -0.25) is 4.90 Å². The van der Waals surface area contributed by atoms with Gasteiger partial charge in [-0.15, -0.1) is 22.7 Å². The third-order valence-corrected chi connectivity index (χ3v) is 5.32. The Morgan fingerprint density at radius 2 is 2.15 bits per heavy atom. The Morgan fingerprint density at radius 1 is 1.25 bits per heavy atom. The zero-order valence-corrected chi connectivity index (χ0v) is 13.1. The zero-order valence-electron chi connectivity index (χ0n) is 11.5. The summed E-state index contributed by atoms with van der Waals surface area (Å²) in [6.45, 7) is 7.05. The fourth-order valence-corrected chi connectivity index (χ4v) is 3.96. The number of nitrogens with one attached hydrogen (secondary N) is 1. The van der Waals surface area contributed by atoms with Crippen molar-refractivity contribution in [2.24, 2.45) is 0 Å². The smallest absolute Gasteiger partial charge is 0.0594 e. The summed E-state index contributed by atoms with van der Waals surface area (Å²) in [6.07, 6.45) is 0. The van der Waals surface area contributed by atoms with Crippen LogP contribution in [-0.4, -0.2) is 44.3 Å². The Kier molecular flexibility index (Phi) is 5.22. The maximum atomic E-state index is 5.35. The number of hydrogen-bond acceptors (Lipinski definition) is 5. The summed E-state index contributed by atoms with van der Waals surface area (Å²) >= 11 is 3.65. The van der Waals surface area contributed by atoms with Crippen molar-refractivity contribution >= 4 is 22.7 Å². The first-order chi connectivity index (χ1) is 9.92. The summed E-state index contributed by atoms with van der Waals surface area (Å²) < 4.78 is 5.35. The normalized spacial score (nSPS) is 16.6. The molecule has 2 aromatic heterocycles. The van der Waals surface area contributed by atoms with E-state index in [0.29, 0.717) is 0 Å². The molecule has 20 heavy (non-hydrogen) atoms. The Morgan fingerprint density at radius 3 is 2.95 bits per heavy atom. The van der Waals surface area contributed by atoms with Crippen molar-refractivity contribution < 1.29 is 4.74 Å². The fourth-order valence-electron chi connectivity index (χ4n) is 2.32. The lowest BCUT2D eigenvalue weighted by Crippen LogP contribution is -2.40. The molecule has 1 aliphatic heterocycles. The Bertz CT molecular complexity index is 504. The molecule has 5 heteroatoms. The molecule has 0 bridgehead atoms. The lowest BCUT2D eigenvalue weighted by atomic mass is 10.2. The standard InChI is InChI=1S/C15H20N2OS2/c1-2-15(19-9-1)13-10-14(20-12-13)11-16-3-4-17-5-7-18-8-6-17/h1-2,9-10,12,16H,3-8,11H2. The van der Waals surface area contributed by atoms with Crippen molar-refractivity contribution in [2.45, 2.75) is 6.54 Å². The predicted molar refractivity (Wildman–Crippen MR) is 86.6 cm³/mol. The average Bonchev–Trinajstić information content (AvgIpc) is 3.15. The van der Waals surface area contributed by atoms with Crippen LogP contribution in [0.15, 0.2) is 29.0 Å². The molecule has 0 amide bonds. The summed E-state index contributed by atoms with van der Waals surface area (Å²) in [4.78, 5) is 5.23. The second-order valence-corrected chi connectivity index (χ2v) is 6.85. The number of hydrogen-bond donors (Lipinski definition) is 1. The minimum atomic E-state index is 0.884. The molecule has 0 saturated carbocycles. The molecule has 1 N–H and O–H groups in total. The number of morpholine rings is 1. The van der Waals surface area contributed by atoms with Crippen LogP contribution in [0.25, 0.3) is 10.4 Å². The molecule has 0 spiro atoms. The van der Waals surface area contributed by atoms with E-state index in [1.54, 1.807) is 11.3 Å². The first-order valence-corrected chi connectivity index (χ1v) is 8.80. The van der Waals surface area contributed by atoms with Crippen LogP contribution in [0.4, 0.5) is 0 Å². The van der Waals surface area contributed by atoms with E-state index in [0.717, 1.165) is 45.9 Å². The van der Waals surface area contributed by atoms with Crippen molar-refractivity contribution in [2.75, 3.05) is 39.4 Å². The van der Waals surface area contributed by atoms with E-state index >= 15 is 0 Å². The van der Waals surface area contributed by atoms with Gasteiger partial charge in [0.1, 0.15) is 0 Å². The third kappa shape index (κ3) is 3.90. The summed E-state index contributed by atoms with van der Waals surface area (Å²) in [5.41, 5.74) is 1.36. The van der Waals surface area contributed by atoms with E-state index in [4.69, 9.17) is 4.74 Å². The van der Waals surface area contributed by atoms with Gasteiger partial charge in [0.05, 0.1) is 13.2 Å². The molecule has 3 heterocycles. The van der Waals surface area contributed by atoms with Gasteiger partial charge in [-0.2, -0.15) is 0 Å². The van der Waals surface area contributed by atoms with Crippen molar-refractivity contribution in [3.05, 3.63) is 33.8 Å². The van der Waals surface area contributed by atoms with Crippen molar-refractivity contribution in [1.29, 1.82) is 0 Å². The quantitative estimate of drug-likeness (QED) is 0.831. The SMILES string of the molecule is c1csc(-c2csc(CNCCN3CCOCC3)c2)c1. The predicted octanol–water partition coefficient (Wildman–Crippen LogP) is 2.90. The highest BCUT2D eigenvalue weighted by molar-refractivity contribution is 7.14. The zero-order chi connectivity index (χ0) is 13.6. The highest BCUT2D eigenvalue weighted by atomic mass is 32.1. The molecule has 0 unspecified atom stereocenters. The van der Waals surface area contributed by atoms with E-state index in [1.807, 2.05) is 11.3 Å². The Labute approximate surface area is 128 Å². The largest absolute Gasteiger partial charge is 0.379 e. The van der Waals surface area contributed by atoms with Gasteiger partial charge in [-0.1, -0.05) is 6.07 Å². The van der Waals surface area contributed by atoms with Gasteiger partial charge in [0.25, 0.3) is 0 Å². The molecule has 0 radical (unpaired) electrons. The van der Waals surface area contributed by atoms with Crippen LogP contribution in [0, 0.1) is 0 Å². The highest BCUT2D eigenvalue weighted by Gasteiger charge is 2.09. The Hall–Kier alpha value is -0.720. The van der Waals surface area contributed by atoms with Gasteiger partial charge in [0.2, 0.25) is 0 Å². The van der Waals surface area contributed by atoms with Gasteiger partial charge < -0.3 is 10.1 Å². The summed E-state index contributed by atoms with van der Waals surface area (Å²) in [5.74, 6) is 0. The second kappa shape index (κ2) is 7.33. The summed E-state index contributed by atoms with van der Waals surface area (Å²) in [7, 11) is 0. The van der Waals surface area contributed by atoms with E-state index in [1.165, 1.54) is 15.3 Å². The highest BCUT2D eigenvalue weighted by Crippen LogP contribution is 2.29. The molecule has 3 rings (SSSR count). The molecular weight excluding hydrogens is 288 g/mol. The van der Waals surface area contributed by atoms with Crippen LogP contribution in [-0.2, 0) is 11.3 Å². The van der Waals surface area contributed by atoms with Gasteiger partial charge in [0, 0.05) is 48.0 Å². The lowest BCUT2D eigenvalue weighted by Gasteiger charge is -2.26. The first-order valence-electron chi connectivity index (χ1n) is 7.04. The van der Waals surface area contributed by atoms with Gasteiger partial charge in [-0.05, 0) is 22.9 Å². The van der Waals surface area contributed by atoms with E-state index in [2.05, 4.69) is 39.2 Å². The second-order valence-electron chi connectivity index (χ2n) is 4.91. The lowest BCUT2D eigenvalue weighted by molar-refractivity contribution is 0.0384. The molecule has 0 aliphatic carbocycles. The van der Waals surface area contributed by atoms with Crippen LogP contribution in [0.1, 0.15) is 4.88 Å². The molecule has 0 aromatic carbocycles. The minimum absolute atomic E-state index is 0.884. The van der Waals surface area contributed by atoms with Gasteiger partial charge in [-0.25, -0.2) is 0 Å². The van der Waals surface area contributed by atoms with Crippen molar-refractivity contribution in [1.82, 2.24) is 10.2 Å². The van der Waals surface area contributed by atoms with Crippen LogP contribution in [0.2, 0.25) is 0 Å². The third-order valence-electron chi connectivity index (χ3n) is 3.47. The first kappa shape index (κ1) is 14.2. The fraction of sp³-hybridized carbons (Fsp3) is 0.467. The number of rotatable bonds is 6. The van der Waals surface area contributed by atoms with E-state index in [-0.39, 0.29) is 0 Å². The van der Waals surface area contributed by atoms with Gasteiger partial charge >= 0.3 is 0 Å². The maximum absolute atomic E-state index is 5.35. The summed E-state index contributed by atoms with van der Waals surface area (Å²) in [6, 6.07) is 6.60. The number of ether oxygens (including phenoxy) is 1. The summed E-state index contributed by atoms with van der Waals surface area (Å²) in [5, 5.41) is 7.93. The molecule has 108 valence electrons. The molecular formula is C15H20N2OS2. The van der Waals surface area contributed by atoms with Crippen LogP contribution in [0.5, 0.6) is 0 Å². The van der Waals surface area contributed by atoms with Crippen LogP contribution < -0.4 is 5.32 Å². The van der Waals surface area contributed by atoms with E-state index in [9.17, 15) is 0 Å². The van der Waals surface area contributed by atoms with Crippen LogP contribution >= 0.6 is 22.7 Å². The monoisotopic (exact) mass is 308 g/mol. The van der Waals surface area contributed by atoms with Gasteiger partial charge in [0.15, 0.2) is 0 Å². The average molecular weight is 308 g/mol. The number of nitrogens with zero attached hydrogens (tertiary/aromatic N) is 1. The molecule has 1 saturated heterocycles. The molecule has 2 aromatic rings. The van der Waals surface area contributed by atoms with E-state index < -0.39 is 0 Å². The number of thiophene rings is 2. The molecule has 1 fully saturated rings. The van der Waals surface area contributed by atoms with Crippen molar-refractivity contribution in [3.63, 3.8) is 0 Å². The molecule has 0 atom stereocenters. The van der Waals surface area contributed by atoms with Crippen molar-refractivity contribution in [3.8, 4) is 10.4 Å².